The highest BCUT2D eigenvalue weighted by molar-refractivity contribution is 6.14. The predicted molar refractivity (Wildman–Crippen MR) is 133 cm³/mol. The fraction of sp³-hybridized carbons (Fsp3) is 0.143. The van der Waals surface area contributed by atoms with E-state index in [0.717, 1.165) is 44.2 Å². The molecule has 3 heterocycles. The Balaban J connectivity index is 1.68. The van der Waals surface area contributed by atoms with Crippen LogP contribution in [0.4, 0.5) is 0 Å². The van der Waals surface area contributed by atoms with E-state index >= 15 is 0 Å². The molecule has 0 saturated carbocycles. The van der Waals surface area contributed by atoms with Crippen LogP contribution in [0.25, 0.3) is 32.9 Å². The topological polar surface area (TPSA) is 96.8 Å². The zero-order valence-electron chi connectivity index (χ0n) is 19.5. The number of hydrogen-bond donors (Lipinski definition) is 0. The van der Waals surface area contributed by atoms with Crippen molar-refractivity contribution in [1.82, 2.24) is 14.5 Å². The molecule has 2 aromatic carbocycles. The fourth-order valence-corrected chi connectivity index (χ4v) is 4.36. The molecule has 3 aromatic heterocycles. The summed E-state index contributed by atoms with van der Waals surface area (Å²) in [7, 11) is 3.62. The van der Waals surface area contributed by atoms with Gasteiger partial charge in [-0.3, -0.25) is 4.98 Å². The van der Waals surface area contributed by atoms with E-state index in [-0.39, 0.29) is 6.61 Å². The van der Waals surface area contributed by atoms with Crippen molar-refractivity contribution in [2.45, 2.75) is 13.5 Å². The lowest BCUT2D eigenvalue weighted by Crippen LogP contribution is -1.99. The van der Waals surface area contributed by atoms with Crippen molar-refractivity contribution in [3.05, 3.63) is 83.4 Å². The van der Waals surface area contributed by atoms with Gasteiger partial charge in [0.15, 0.2) is 11.5 Å². The standard InChI is InChI=1S/C28H21N5O2/c1-17-27(20-6-4-18(13-29)5-7-20)28-22-11-26(35-16-19-8-9-31-21(10-19)14-30)25(34-3)12-23(22)32-15-24(28)33(17)2/h4-12,15H,16H2,1-3H3. The quantitative estimate of drug-likeness (QED) is 0.348. The van der Waals surface area contributed by atoms with Crippen LogP contribution in [-0.4, -0.2) is 21.6 Å². The molecule has 5 aromatic rings. The van der Waals surface area contributed by atoms with E-state index in [1.165, 1.54) is 0 Å². The summed E-state index contributed by atoms with van der Waals surface area (Å²) in [5.41, 5.74) is 6.80. The summed E-state index contributed by atoms with van der Waals surface area (Å²) in [5.74, 6) is 1.16. The van der Waals surface area contributed by atoms with Gasteiger partial charge in [0, 0.05) is 41.3 Å². The molecule has 0 fully saturated rings. The third kappa shape index (κ3) is 3.80. The number of rotatable bonds is 5. The minimum absolute atomic E-state index is 0.263. The third-order valence-electron chi connectivity index (χ3n) is 6.25. The van der Waals surface area contributed by atoms with Crippen molar-refractivity contribution in [2.24, 2.45) is 7.05 Å². The van der Waals surface area contributed by atoms with Crippen LogP contribution in [0.1, 0.15) is 22.5 Å². The lowest BCUT2D eigenvalue weighted by molar-refractivity contribution is 0.285. The van der Waals surface area contributed by atoms with Gasteiger partial charge in [-0.15, -0.1) is 0 Å². The van der Waals surface area contributed by atoms with Crippen LogP contribution in [-0.2, 0) is 13.7 Å². The average Bonchev–Trinajstić information content (AvgIpc) is 3.17. The van der Waals surface area contributed by atoms with Gasteiger partial charge in [0.25, 0.3) is 0 Å². The Morgan fingerprint density at radius 1 is 0.971 bits per heavy atom. The molecular weight excluding hydrogens is 438 g/mol. The first kappa shape index (κ1) is 21.9. The second-order valence-corrected chi connectivity index (χ2v) is 8.20. The van der Waals surface area contributed by atoms with Crippen molar-refractivity contribution in [3.63, 3.8) is 0 Å². The maximum Gasteiger partial charge on any atom is 0.162 e. The highest BCUT2D eigenvalue weighted by Crippen LogP contribution is 2.41. The summed E-state index contributed by atoms with van der Waals surface area (Å²) >= 11 is 0. The first-order valence-electron chi connectivity index (χ1n) is 11.0. The lowest BCUT2D eigenvalue weighted by atomic mass is 9.98. The van der Waals surface area contributed by atoms with E-state index in [0.29, 0.717) is 22.8 Å². The lowest BCUT2D eigenvalue weighted by Gasteiger charge is -2.13. The molecule has 7 nitrogen and oxygen atoms in total. The minimum Gasteiger partial charge on any atom is -0.493 e. The summed E-state index contributed by atoms with van der Waals surface area (Å²) in [6, 6.07) is 19.2. The molecule has 0 atom stereocenters. The Bertz CT molecular complexity index is 1670. The minimum atomic E-state index is 0.263. The van der Waals surface area contributed by atoms with Crippen molar-refractivity contribution in [2.75, 3.05) is 7.11 Å². The number of benzene rings is 2. The van der Waals surface area contributed by atoms with Gasteiger partial charge in [0.05, 0.1) is 36.0 Å². The molecule has 0 aliphatic heterocycles. The van der Waals surface area contributed by atoms with Crippen molar-refractivity contribution in [3.8, 4) is 34.8 Å². The summed E-state index contributed by atoms with van der Waals surface area (Å²) in [4.78, 5) is 8.70. The number of fused-ring (bicyclic) bond motifs is 3. The Morgan fingerprint density at radius 3 is 2.49 bits per heavy atom. The number of methoxy groups -OCH3 is 1. The number of ether oxygens (including phenoxy) is 2. The summed E-state index contributed by atoms with van der Waals surface area (Å²) in [6.07, 6.45) is 3.47. The van der Waals surface area contributed by atoms with Gasteiger partial charge in [-0.1, -0.05) is 12.1 Å². The Labute approximate surface area is 202 Å². The average molecular weight is 460 g/mol. The molecular formula is C28H21N5O2. The van der Waals surface area contributed by atoms with Gasteiger partial charge in [0.1, 0.15) is 18.4 Å². The number of aromatic nitrogens is 3. The Kier molecular flexibility index (Phi) is 5.52. The van der Waals surface area contributed by atoms with Crippen molar-refractivity contribution in [1.29, 1.82) is 10.5 Å². The molecule has 0 amide bonds. The summed E-state index contributed by atoms with van der Waals surface area (Å²) in [5, 5.41) is 20.3. The molecule has 5 rings (SSSR count). The zero-order valence-corrected chi connectivity index (χ0v) is 19.5. The van der Waals surface area contributed by atoms with Gasteiger partial charge in [-0.25, -0.2) is 4.98 Å². The number of nitriles is 2. The number of aryl methyl sites for hydroxylation is 1. The molecule has 170 valence electrons. The van der Waals surface area contributed by atoms with Crippen LogP contribution in [0.5, 0.6) is 11.5 Å². The molecule has 0 saturated heterocycles. The maximum atomic E-state index is 9.21. The van der Waals surface area contributed by atoms with Crippen LogP contribution < -0.4 is 9.47 Å². The monoisotopic (exact) mass is 459 g/mol. The Hall–Kier alpha value is -4.88. The van der Waals surface area contributed by atoms with E-state index in [9.17, 15) is 5.26 Å². The van der Waals surface area contributed by atoms with Crippen molar-refractivity contribution < 1.29 is 9.47 Å². The normalized spacial score (nSPS) is 10.8. The fourth-order valence-electron chi connectivity index (χ4n) is 4.36. The van der Waals surface area contributed by atoms with Gasteiger partial charge >= 0.3 is 0 Å². The molecule has 0 unspecified atom stereocenters. The SMILES string of the molecule is COc1cc2ncc3c(c(-c4ccc(C#N)cc4)c(C)n3C)c2cc1OCc1ccnc(C#N)c1. The van der Waals surface area contributed by atoms with E-state index < -0.39 is 0 Å². The summed E-state index contributed by atoms with van der Waals surface area (Å²) < 4.78 is 13.9. The van der Waals surface area contributed by atoms with Crippen LogP contribution in [0.2, 0.25) is 0 Å². The molecule has 35 heavy (non-hydrogen) atoms. The van der Waals surface area contributed by atoms with E-state index in [1.54, 1.807) is 19.4 Å². The number of pyridine rings is 2. The van der Waals surface area contributed by atoms with Crippen LogP contribution in [0, 0.1) is 29.6 Å². The third-order valence-corrected chi connectivity index (χ3v) is 6.25. The number of hydrogen-bond acceptors (Lipinski definition) is 6. The molecule has 0 aliphatic rings. The predicted octanol–water partition coefficient (Wildman–Crippen LogP) is 5.43. The molecule has 0 N–H and O–H groups in total. The zero-order chi connectivity index (χ0) is 24.5. The van der Waals surface area contributed by atoms with E-state index in [4.69, 9.17) is 19.7 Å². The van der Waals surface area contributed by atoms with Gasteiger partial charge < -0.3 is 14.0 Å². The smallest absolute Gasteiger partial charge is 0.162 e. The highest BCUT2D eigenvalue weighted by atomic mass is 16.5. The number of nitrogens with zero attached hydrogens (tertiary/aromatic N) is 5. The first-order chi connectivity index (χ1) is 17.0. The summed E-state index contributed by atoms with van der Waals surface area (Å²) in [6.45, 7) is 2.34. The molecule has 0 radical (unpaired) electrons. The van der Waals surface area contributed by atoms with Gasteiger partial charge in [-0.2, -0.15) is 10.5 Å². The maximum absolute atomic E-state index is 9.21. The second kappa shape index (κ2) is 8.81. The van der Waals surface area contributed by atoms with E-state index in [1.807, 2.05) is 61.8 Å². The van der Waals surface area contributed by atoms with Gasteiger partial charge in [0.2, 0.25) is 0 Å². The largest absolute Gasteiger partial charge is 0.493 e. The van der Waals surface area contributed by atoms with Crippen molar-refractivity contribution >= 4 is 21.8 Å². The Morgan fingerprint density at radius 2 is 1.77 bits per heavy atom. The molecule has 0 bridgehead atoms. The van der Waals surface area contributed by atoms with Crippen LogP contribution >= 0.6 is 0 Å². The van der Waals surface area contributed by atoms with E-state index in [2.05, 4.69) is 22.5 Å². The second-order valence-electron chi connectivity index (χ2n) is 8.20. The van der Waals surface area contributed by atoms with Crippen LogP contribution in [0.15, 0.2) is 60.9 Å². The van der Waals surface area contributed by atoms with Gasteiger partial charge in [-0.05, 0) is 48.4 Å². The molecule has 0 spiro atoms. The highest BCUT2D eigenvalue weighted by Gasteiger charge is 2.19. The van der Waals surface area contributed by atoms with Crippen LogP contribution in [0.3, 0.4) is 0 Å². The molecule has 0 aliphatic carbocycles. The molecule has 7 heteroatoms. The first-order valence-corrected chi connectivity index (χ1v) is 11.0.